The van der Waals surface area contributed by atoms with Gasteiger partial charge in [0.1, 0.15) is 6.10 Å². The molecule has 1 aliphatic rings. The van der Waals surface area contributed by atoms with Crippen molar-refractivity contribution in [2.24, 2.45) is 0 Å². The molecule has 1 N–H and O–H groups in total. The summed E-state index contributed by atoms with van der Waals surface area (Å²) >= 11 is 0. The van der Waals surface area contributed by atoms with E-state index in [0.717, 1.165) is 24.3 Å². The first kappa shape index (κ1) is 14.2. The van der Waals surface area contributed by atoms with Crippen LogP contribution >= 0.6 is 0 Å². The standard InChI is InChI=1S/C15H22O4/c1-15(2,10-16)11-4-5-13(17-3)14(8-11)19-12-6-7-18-9-12/h4-5,8,12,16H,6-7,9-10H2,1-3H3. The van der Waals surface area contributed by atoms with Gasteiger partial charge in [-0.3, -0.25) is 0 Å². The third-order valence-corrected chi connectivity index (χ3v) is 3.52. The molecule has 0 amide bonds. The highest BCUT2D eigenvalue weighted by atomic mass is 16.6. The molecule has 0 bridgehead atoms. The molecule has 0 aromatic heterocycles. The fourth-order valence-corrected chi connectivity index (χ4v) is 2.07. The van der Waals surface area contributed by atoms with Gasteiger partial charge < -0.3 is 19.3 Å². The van der Waals surface area contributed by atoms with Gasteiger partial charge in [-0.1, -0.05) is 19.9 Å². The maximum Gasteiger partial charge on any atom is 0.161 e. The molecule has 1 aliphatic heterocycles. The van der Waals surface area contributed by atoms with Gasteiger partial charge in [-0.05, 0) is 17.7 Å². The molecule has 19 heavy (non-hydrogen) atoms. The minimum atomic E-state index is -0.295. The summed E-state index contributed by atoms with van der Waals surface area (Å²) in [5, 5.41) is 9.46. The molecule has 1 unspecified atom stereocenters. The van der Waals surface area contributed by atoms with Crippen LogP contribution in [0.2, 0.25) is 0 Å². The van der Waals surface area contributed by atoms with E-state index in [9.17, 15) is 5.11 Å². The van der Waals surface area contributed by atoms with Crippen LogP contribution in [-0.2, 0) is 10.2 Å². The molecule has 4 heteroatoms. The molecule has 1 aromatic carbocycles. The molecule has 0 spiro atoms. The van der Waals surface area contributed by atoms with Gasteiger partial charge in [-0.25, -0.2) is 0 Å². The third kappa shape index (κ3) is 3.19. The first-order chi connectivity index (χ1) is 9.06. The van der Waals surface area contributed by atoms with Gasteiger partial charge in [0, 0.05) is 11.8 Å². The maximum atomic E-state index is 9.46. The summed E-state index contributed by atoms with van der Waals surface area (Å²) in [6.07, 6.45) is 0.984. The third-order valence-electron chi connectivity index (χ3n) is 3.52. The molecule has 1 fully saturated rings. The fourth-order valence-electron chi connectivity index (χ4n) is 2.07. The van der Waals surface area contributed by atoms with Crippen molar-refractivity contribution in [3.8, 4) is 11.5 Å². The highest BCUT2D eigenvalue weighted by Crippen LogP contribution is 2.34. The second-order valence-corrected chi connectivity index (χ2v) is 5.51. The molecular formula is C15H22O4. The summed E-state index contributed by atoms with van der Waals surface area (Å²) in [6, 6.07) is 5.80. The van der Waals surface area contributed by atoms with E-state index in [1.54, 1.807) is 7.11 Å². The number of aliphatic hydroxyl groups excluding tert-OH is 1. The molecule has 4 nitrogen and oxygen atoms in total. The van der Waals surface area contributed by atoms with Crippen molar-refractivity contribution in [2.45, 2.75) is 31.8 Å². The van der Waals surface area contributed by atoms with E-state index in [1.807, 2.05) is 32.0 Å². The zero-order valence-electron chi connectivity index (χ0n) is 11.8. The monoisotopic (exact) mass is 266 g/mol. The van der Waals surface area contributed by atoms with Crippen molar-refractivity contribution in [1.82, 2.24) is 0 Å². The number of hydrogen-bond acceptors (Lipinski definition) is 4. The van der Waals surface area contributed by atoms with Gasteiger partial charge >= 0.3 is 0 Å². The smallest absolute Gasteiger partial charge is 0.161 e. The van der Waals surface area contributed by atoms with Crippen LogP contribution in [0.15, 0.2) is 18.2 Å². The Bertz CT molecular complexity index is 422. The number of methoxy groups -OCH3 is 1. The van der Waals surface area contributed by atoms with Gasteiger partial charge in [-0.2, -0.15) is 0 Å². The fraction of sp³-hybridized carbons (Fsp3) is 0.600. The highest BCUT2D eigenvalue weighted by molar-refractivity contribution is 5.45. The van der Waals surface area contributed by atoms with Crippen LogP contribution in [0.5, 0.6) is 11.5 Å². The summed E-state index contributed by atoms with van der Waals surface area (Å²) in [5.41, 5.74) is 0.737. The second-order valence-electron chi connectivity index (χ2n) is 5.51. The van der Waals surface area contributed by atoms with E-state index in [1.165, 1.54) is 0 Å². The number of ether oxygens (including phenoxy) is 3. The minimum absolute atomic E-state index is 0.0846. The molecule has 0 aliphatic carbocycles. The Morgan fingerprint density at radius 3 is 2.74 bits per heavy atom. The van der Waals surface area contributed by atoms with E-state index < -0.39 is 0 Å². The van der Waals surface area contributed by atoms with Crippen LogP contribution in [0, 0.1) is 0 Å². The molecule has 0 saturated carbocycles. The van der Waals surface area contributed by atoms with Crippen LogP contribution in [0.3, 0.4) is 0 Å². The Hall–Kier alpha value is -1.26. The van der Waals surface area contributed by atoms with Crippen LogP contribution in [0.1, 0.15) is 25.8 Å². The van der Waals surface area contributed by atoms with Crippen molar-refractivity contribution in [2.75, 3.05) is 26.9 Å². The maximum absolute atomic E-state index is 9.46. The summed E-state index contributed by atoms with van der Waals surface area (Å²) in [4.78, 5) is 0. The predicted octanol–water partition coefficient (Wildman–Crippen LogP) is 2.13. The van der Waals surface area contributed by atoms with E-state index in [2.05, 4.69) is 0 Å². The Morgan fingerprint density at radius 1 is 1.37 bits per heavy atom. The van der Waals surface area contributed by atoms with Gasteiger partial charge in [0.25, 0.3) is 0 Å². The number of rotatable bonds is 5. The van der Waals surface area contributed by atoms with Crippen LogP contribution in [0.4, 0.5) is 0 Å². The Kier molecular flexibility index (Phi) is 4.32. The summed E-state index contributed by atoms with van der Waals surface area (Å²) in [6.45, 7) is 5.45. The first-order valence-electron chi connectivity index (χ1n) is 6.60. The summed E-state index contributed by atoms with van der Waals surface area (Å²) in [5.74, 6) is 1.43. The Labute approximate surface area is 114 Å². The van der Waals surface area contributed by atoms with Crippen molar-refractivity contribution in [3.05, 3.63) is 23.8 Å². The first-order valence-corrected chi connectivity index (χ1v) is 6.60. The molecule has 106 valence electrons. The molecule has 1 aromatic rings. The molecule has 1 atom stereocenters. The lowest BCUT2D eigenvalue weighted by atomic mass is 9.85. The number of benzene rings is 1. The van der Waals surface area contributed by atoms with E-state index >= 15 is 0 Å². The zero-order valence-corrected chi connectivity index (χ0v) is 11.8. The SMILES string of the molecule is COc1ccc(C(C)(C)CO)cc1OC1CCOC1. The predicted molar refractivity (Wildman–Crippen MR) is 73.0 cm³/mol. The van der Waals surface area contributed by atoms with Crippen molar-refractivity contribution >= 4 is 0 Å². The van der Waals surface area contributed by atoms with Crippen LogP contribution in [-0.4, -0.2) is 38.1 Å². The second kappa shape index (κ2) is 5.80. The zero-order chi connectivity index (χ0) is 13.9. The lowest BCUT2D eigenvalue weighted by Crippen LogP contribution is -2.22. The van der Waals surface area contributed by atoms with Gasteiger partial charge in [0.05, 0.1) is 26.9 Å². The summed E-state index contributed by atoms with van der Waals surface area (Å²) < 4.78 is 16.6. The summed E-state index contributed by atoms with van der Waals surface area (Å²) in [7, 11) is 1.63. The topological polar surface area (TPSA) is 47.9 Å². The highest BCUT2D eigenvalue weighted by Gasteiger charge is 2.23. The van der Waals surface area contributed by atoms with E-state index in [0.29, 0.717) is 12.4 Å². The largest absolute Gasteiger partial charge is 0.493 e. The van der Waals surface area contributed by atoms with Gasteiger partial charge in [-0.15, -0.1) is 0 Å². The Balaban J connectivity index is 2.25. The van der Waals surface area contributed by atoms with Crippen LogP contribution in [0.25, 0.3) is 0 Å². The normalized spacial score (nSPS) is 19.5. The lowest BCUT2D eigenvalue weighted by molar-refractivity contribution is 0.138. The molecule has 1 saturated heterocycles. The van der Waals surface area contributed by atoms with Gasteiger partial charge in [0.15, 0.2) is 11.5 Å². The van der Waals surface area contributed by atoms with Crippen molar-refractivity contribution in [3.63, 3.8) is 0 Å². The van der Waals surface area contributed by atoms with Gasteiger partial charge in [0.2, 0.25) is 0 Å². The quantitative estimate of drug-likeness (QED) is 0.887. The average molecular weight is 266 g/mol. The molecule has 2 rings (SSSR count). The van der Waals surface area contributed by atoms with E-state index in [4.69, 9.17) is 14.2 Å². The minimum Gasteiger partial charge on any atom is -0.493 e. The lowest BCUT2D eigenvalue weighted by Gasteiger charge is -2.24. The molecular weight excluding hydrogens is 244 g/mol. The Morgan fingerprint density at radius 2 is 2.16 bits per heavy atom. The van der Waals surface area contributed by atoms with E-state index in [-0.39, 0.29) is 18.1 Å². The number of aliphatic hydroxyl groups is 1. The van der Waals surface area contributed by atoms with Crippen molar-refractivity contribution < 1.29 is 19.3 Å². The average Bonchev–Trinajstić information content (AvgIpc) is 2.91. The molecule has 1 heterocycles. The molecule has 0 radical (unpaired) electrons. The van der Waals surface area contributed by atoms with Crippen molar-refractivity contribution in [1.29, 1.82) is 0 Å². The number of hydrogen-bond donors (Lipinski definition) is 1. The van der Waals surface area contributed by atoms with Crippen LogP contribution < -0.4 is 9.47 Å².